The minimum absolute atomic E-state index is 0.142. The molecule has 8 heteroatoms. The first-order valence-electron chi connectivity index (χ1n) is 11.5. The molecule has 3 aromatic rings. The van der Waals surface area contributed by atoms with E-state index in [-0.39, 0.29) is 18.1 Å². The lowest BCUT2D eigenvalue weighted by Gasteiger charge is -2.26. The van der Waals surface area contributed by atoms with E-state index in [4.69, 9.17) is 12.6 Å². The number of benzene rings is 2. The van der Waals surface area contributed by atoms with Gasteiger partial charge >= 0.3 is 0 Å². The van der Waals surface area contributed by atoms with E-state index in [0.717, 1.165) is 38.3 Å². The average Bonchev–Trinajstić information content (AvgIpc) is 2.84. The molecular formula is C26H28BFN4O2. The molecule has 2 heterocycles. The van der Waals surface area contributed by atoms with Crippen LogP contribution in [0.3, 0.4) is 0 Å². The smallest absolute Gasteiger partial charge is 0.226 e. The van der Waals surface area contributed by atoms with Crippen LogP contribution in [-0.4, -0.2) is 63.0 Å². The molecule has 0 bridgehead atoms. The topological polar surface area (TPSA) is 66.5 Å². The number of carbonyl (C=O) groups excluding carboxylic acids is 1. The van der Waals surface area contributed by atoms with E-state index in [9.17, 15) is 9.18 Å². The molecule has 0 saturated carbocycles. The predicted octanol–water partition coefficient (Wildman–Crippen LogP) is 1.82. The summed E-state index contributed by atoms with van der Waals surface area (Å²) in [5.74, 6) is 0.00285. The first-order valence-corrected chi connectivity index (χ1v) is 11.5. The molecule has 1 saturated heterocycles. The van der Waals surface area contributed by atoms with Crippen LogP contribution in [0.2, 0.25) is 0 Å². The maximum Gasteiger partial charge on any atom is 0.226 e. The number of rotatable bonds is 9. The summed E-state index contributed by atoms with van der Waals surface area (Å²) in [6.07, 6.45) is 1.73. The molecule has 0 unspecified atom stereocenters. The van der Waals surface area contributed by atoms with E-state index < -0.39 is 0 Å². The van der Waals surface area contributed by atoms with Crippen molar-refractivity contribution in [3.8, 4) is 16.9 Å². The van der Waals surface area contributed by atoms with Crippen LogP contribution in [-0.2, 0) is 17.8 Å². The second kappa shape index (κ2) is 11.8. The molecule has 2 radical (unpaired) electrons. The number of hydrogen-bond donors (Lipinski definition) is 2. The first kappa shape index (κ1) is 23.9. The van der Waals surface area contributed by atoms with Gasteiger partial charge in [0.1, 0.15) is 26.0 Å². The average molecular weight is 458 g/mol. The molecular weight excluding hydrogens is 430 g/mol. The van der Waals surface area contributed by atoms with E-state index in [0.29, 0.717) is 41.2 Å². The quantitative estimate of drug-likeness (QED) is 0.479. The third-order valence-corrected chi connectivity index (χ3v) is 5.74. The van der Waals surface area contributed by atoms with Crippen LogP contribution >= 0.6 is 0 Å². The monoisotopic (exact) mass is 458 g/mol. The van der Waals surface area contributed by atoms with Gasteiger partial charge in [0.15, 0.2) is 0 Å². The number of pyridine rings is 1. The summed E-state index contributed by atoms with van der Waals surface area (Å²) in [6, 6.07) is 15.8. The highest BCUT2D eigenvalue weighted by Gasteiger charge is 2.11. The van der Waals surface area contributed by atoms with Gasteiger partial charge in [-0.2, -0.15) is 0 Å². The molecule has 1 aliphatic rings. The molecule has 2 N–H and O–H groups in total. The third kappa shape index (κ3) is 6.89. The van der Waals surface area contributed by atoms with Crippen molar-refractivity contribution < 1.29 is 13.9 Å². The molecule has 0 spiro atoms. The predicted molar refractivity (Wildman–Crippen MR) is 132 cm³/mol. The molecule has 34 heavy (non-hydrogen) atoms. The Labute approximate surface area is 200 Å². The van der Waals surface area contributed by atoms with E-state index in [1.165, 1.54) is 6.07 Å². The van der Waals surface area contributed by atoms with Crippen molar-refractivity contribution in [2.45, 2.75) is 13.0 Å². The van der Waals surface area contributed by atoms with Crippen LogP contribution in [0, 0.1) is 5.82 Å². The zero-order valence-electron chi connectivity index (χ0n) is 19.1. The second-order valence-electron chi connectivity index (χ2n) is 8.32. The van der Waals surface area contributed by atoms with E-state index in [1.807, 2.05) is 18.2 Å². The lowest BCUT2D eigenvalue weighted by molar-refractivity contribution is -0.120. The van der Waals surface area contributed by atoms with E-state index in [2.05, 4.69) is 20.5 Å². The summed E-state index contributed by atoms with van der Waals surface area (Å²) >= 11 is 0. The number of carbonyl (C=O) groups is 1. The summed E-state index contributed by atoms with van der Waals surface area (Å²) in [6.45, 7) is 5.73. The van der Waals surface area contributed by atoms with Crippen molar-refractivity contribution in [3.05, 3.63) is 77.9 Å². The van der Waals surface area contributed by atoms with Gasteiger partial charge in [-0.1, -0.05) is 35.8 Å². The van der Waals surface area contributed by atoms with Gasteiger partial charge in [0, 0.05) is 68.4 Å². The lowest BCUT2D eigenvalue weighted by Crippen LogP contribution is -2.44. The maximum atomic E-state index is 14.7. The minimum atomic E-state index is -0.367. The minimum Gasteiger partial charge on any atom is -0.492 e. The maximum absolute atomic E-state index is 14.7. The number of nitrogens with one attached hydrogen (secondary N) is 2. The Bertz CT molecular complexity index is 1100. The van der Waals surface area contributed by atoms with Crippen molar-refractivity contribution in [1.29, 1.82) is 0 Å². The largest absolute Gasteiger partial charge is 0.492 e. The van der Waals surface area contributed by atoms with E-state index in [1.54, 1.807) is 36.5 Å². The zero-order valence-corrected chi connectivity index (χ0v) is 19.1. The van der Waals surface area contributed by atoms with Gasteiger partial charge in [-0.25, -0.2) is 4.39 Å². The van der Waals surface area contributed by atoms with Crippen molar-refractivity contribution in [3.63, 3.8) is 0 Å². The fourth-order valence-electron chi connectivity index (χ4n) is 3.87. The number of nitrogens with zero attached hydrogens (tertiary/aromatic N) is 2. The Morgan fingerprint density at radius 1 is 1.15 bits per heavy atom. The number of piperazine rings is 1. The van der Waals surface area contributed by atoms with Crippen molar-refractivity contribution in [2.24, 2.45) is 0 Å². The number of ether oxygens (including phenoxy) is 1. The van der Waals surface area contributed by atoms with Crippen molar-refractivity contribution in [1.82, 2.24) is 20.5 Å². The molecule has 0 aliphatic carbocycles. The number of aromatic nitrogens is 1. The summed E-state index contributed by atoms with van der Waals surface area (Å²) in [5.41, 5.74) is 3.30. The van der Waals surface area contributed by atoms with Crippen LogP contribution in [0.4, 0.5) is 4.39 Å². The normalized spacial score (nSPS) is 14.0. The third-order valence-electron chi connectivity index (χ3n) is 5.74. The highest BCUT2D eigenvalue weighted by Crippen LogP contribution is 2.26. The summed E-state index contributed by atoms with van der Waals surface area (Å²) in [5, 5.41) is 6.18. The fourth-order valence-corrected chi connectivity index (χ4v) is 3.87. The van der Waals surface area contributed by atoms with Crippen LogP contribution in [0.25, 0.3) is 11.1 Å². The number of halogens is 1. The van der Waals surface area contributed by atoms with Gasteiger partial charge in [0.25, 0.3) is 0 Å². The van der Waals surface area contributed by atoms with Gasteiger partial charge in [0.05, 0.1) is 6.42 Å². The molecule has 174 valence electrons. The molecule has 1 fully saturated rings. The van der Waals surface area contributed by atoms with Crippen LogP contribution in [0.15, 0.2) is 60.8 Å². The first-order chi connectivity index (χ1) is 16.6. The molecule has 0 atom stereocenters. The molecule has 6 nitrogen and oxygen atoms in total. The van der Waals surface area contributed by atoms with Gasteiger partial charge in [-0.3, -0.25) is 14.7 Å². The summed E-state index contributed by atoms with van der Waals surface area (Å²) in [4.78, 5) is 18.9. The van der Waals surface area contributed by atoms with Gasteiger partial charge in [-0.15, -0.1) is 0 Å². The summed E-state index contributed by atoms with van der Waals surface area (Å²) < 4.78 is 20.5. The number of amides is 1. The number of hydrogen-bond acceptors (Lipinski definition) is 5. The fraction of sp³-hybridized carbons (Fsp3) is 0.308. The molecule has 4 rings (SSSR count). The highest BCUT2D eigenvalue weighted by atomic mass is 19.1. The van der Waals surface area contributed by atoms with Crippen LogP contribution < -0.4 is 20.8 Å². The zero-order chi connectivity index (χ0) is 23.8. The molecule has 1 aromatic heterocycles. The lowest BCUT2D eigenvalue weighted by atomic mass is 9.94. The second-order valence-corrected chi connectivity index (χ2v) is 8.32. The Hall–Kier alpha value is -3.23. The summed E-state index contributed by atoms with van der Waals surface area (Å²) in [7, 11) is 5.76. The van der Waals surface area contributed by atoms with E-state index >= 15 is 0 Å². The van der Waals surface area contributed by atoms with Crippen LogP contribution in [0.5, 0.6) is 5.75 Å². The van der Waals surface area contributed by atoms with Crippen molar-refractivity contribution >= 4 is 19.2 Å². The molecule has 2 aromatic carbocycles. The van der Waals surface area contributed by atoms with Crippen LogP contribution in [0.1, 0.15) is 11.3 Å². The Kier molecular flexibility index (Phi) is 8.28. The molecule has 1 amide bonds. The van der Waals surface area contributed by atoms with Crippen molar-refractivity contribution in [2.75, 3.05) is 39.3 Å². The van der Waals surface area contributed by atoms with Gasteiger partial charge in [-0.05, 0) is 23.8 Å². The Morgan fingerprint density at radius 2 is 2.00 bits per heavy atom. The van der Waals surface area contributed by atoms with Gasteiger partial charge in [0.2, 0.25) is 5.91 Å². The Balaban J connectivity index is 1.28. The highest BCUT2D eigenvalue weighted by molar-refractivity contribution is 6.32. The standard InChI is InChI=1S/C26H28BFN4O2/c27-21-3-1-2-19(14-21)17-31-26(33)15-22-5-4-20(18-30-22)24-7-6-23(16-25(24)28)34-13-12-32-10-8-29-9-11-32/h1-7,14,16,18,29H,8-13,15,17H2,(H,31,33). The Morgan fingerprint density at radius 3 is 2.74 bits per heavy atom. The SMILES string of the molecule is [B]c1cccc(CNC(=O)Cc2ccc(-c3ccc(OCCN4CCNCC4)cc3F)cn2)c1. The molecule has 1 aliphatic heterocycles. The van der Waals surface area contributed by atoms with Gasteiger partial charge < -0.3 is 15.4 Å².